The molecule has 0 radical (unpaired) electrons. The monoisotopic (exact) mass is 288 g/mol. The topological polar surface area (TPSA) is 9.23 Å². The molecule has 1 heteroatoms. The highest BCUT2D eigenvalue weighted by molar-refractivity contribution is 5.41. The first-order valence-electron chi connectivity index (χ1n) is 7.68. The van der Waals surface area contributed by atoms with E-state index in [2.05, 4.69) is 55.5 Å². The van der Waals surface area contributed by atoms with E-state index in [-0.39, 0.29) is 0 Å². The minimum Gasteiger partial charge on any atom is -0.457 e. The van der Waals surface area contributed by atoms with Gasteiger partial charge in [-0.25, -0.2) is 0 Å². The molecule has 0 spiro atoms. The van der Waals surface area contributed by atoms with E-state index >= 15 is 0 Å². The third-order valence-corrected chi connectivity index (χ3v) is 3.81. The van der Waals surface area contributed by atoms with Crippen LogP contribution in [0.4, 0.5) is 0 Å². The number of aryl methyl sites for hydroxylation is 3. The summed E-state index contributed by atoms with van der Waals surface area (Å²) in [6.45, 7) is 2.07. The number of hydrogen-bond donors (Lipinski definition) is 0. The van der Waals surface area contributed by atoms with E-state index in [9.17, 15) is 0 Å². The van der Waals surface area contributed by atoms with Crippen LogP contribution in [0.2, 0.25) is 0 Å². The maximum atomic E-state index is 6.13. The maximum absolute atomic E-state index is 6.13. The van der Waals surface area contributed by atoms with Crippen LogP contribution in [0.3, 0.4) is 0 Å². The zero-order valence-electron chi connectivity index (χ0n) is 12.8. The molecule has 0 aliphatic heterocycles. The molecule has 0 bridgehead atoms. The summed E-state index contributed by atoms with van der Waals surface area (Å²) in [6.07, 6.45) is 2.00. The Morgan fingerprint density at radius 1 is 0.636 bits per heavy atom. The van der Waals surface area contributed by atoms with Gasteiger partial charge in [-0.3, -0.25) is 0 Å². The molecule has 110 valence electrons. The summed E-state index contributed by atoms with van der Waals surface area (Å²) in [5.41, 5.74) is 3.75. The fraction of sp³-hybridized carbons (Fsp3) is 0.143. The molecule has 0 unspecified atom stereocenters. The minimum absolute atomic E-state index is 0.926. The molecule has 0 aromatic heterocycles. The lowest BCUT2D eigenvalue weighted by atomic mass is 10.0. The van der Waals surface area contributed by atoms with Crippen LogP contribution in [0.1, 0.15) is 16.7 Å². The molecule has 1 nitrogen and oxygen atoms in total. The molecular formula is C21H20O. The second-order valence-corrected chi connectivity index (χ2v) is 5.46. The number of ether oxygens (including phenoxy) is 1. The second kappa shape index (κ2) is 6.95. The molecular weight excluding hydrogens is 268 g/mol. The zero-order chi connectivity index (χ0) is 15.2. The van der Waals surface area contributed by atoms with Gasteiger partial charge in [-0.05, 0) is 48.6 Å². The van der Waals surface area contributed by atoms with Crippen LogP contribution < -0.4 is 4.74 Å². The van der Waals surface area contributed by atoms with Crippen molar-refractivity contribution in [3.8, 4) is 11.5 Å². The largest absolute Gasteiger partial charge is 0.457 e. The van der Waals surface area contributed by atoms with Gasteiger partial charge in [0.05, 0.1) is 0 Å². The highest BCUT2D eigenvalue weighted by Crippen LogP contribution is 2.28. The van der Waals surface area contributed by atoms with Gasteiger partial charge in [-0.2, -0.15) is 0 Å². The average Bonchev–Trinajstić information content (AvgIpc) is 2.57. The number of benzene rings is 3. The Morgan fingerprint density at radius 2 is 1.27 bits per heavy atom. The highest BCUT2D eigenvalue weighted by atomic mass is 16.5. The predicted molar refractivity (Wildman–Crippen MR) is 91.5 cm³/mol. The van der Waals surface area contributed by atoms with Crippen molar-refractivity contribution in [3.05, 3.63) is 95.6 Å². The first-order chi connectivity index (χ1) is 10.8. The summed E-state index contributed by atoms with van der Waals surface area (Å²) >= 11 is 0. The third kappa shape index (κ3) is 3.56. The van der Waals surface area contributed by atoms with E-state index in [1.54, 1.807) is 0 Å². The van der Waals surface area contributed by atoms with Gasteiger partial charge < -0.3 is 4.74 Å². The molecule has 3 rings (SSSR count). The minimum atomic E-state index is 0.926. The lowest BCUT2D eigenvalue weighted by Crippen LogP contribution is -1.96. The Morgan fingerprint density at radius 3 is 2.05 bits per heavy atom. The van der Waals surface area contributed by atoms with Gasteiger partial charge in [-0.1, -0.05) is 66.7 Å². The van der Waals surface area contributed by atoms with Gasteiger partial charge in [-0.15, -0.1) is 0 Å². The van der Waals surface area contributed by atoms with E-state index in [1.165, 1.54) is 11.1 Å². The van der Waals surface area contributed by atoms with E-state index in [0.717, 1.165) is 29.9 Å². The molecule has 0 atom stereocenters. The van der Waals surface area contributed by atoms with Gasteiger partial charge >= 0.3 is 0 Å². The van der Waals surface area contributed by atoms with Crippen molar-refractivity contribution in [2.75, 3.05) is 0 Å². The van der Waals surface area contributed by atoms with Crippen molar-refractivity contribution in [2.45, 2.75) is 19.8 Å². The van der Waals surface area contributed by atoms with Crippen LogP contribution >= 0.6 is 0 Å². The van der Waals surface area contributed by atoms with Crippen molar-refractivity contribution >= 4 is 0 Å². The van der Waals surface area contributed by atoms with Crippen molar-refractivity contribution in [1.29, 1.82) is 0 Å². The number of para-hydroxylation sites is 2. The first-order valence-corrected chi connectivity index (χ1v) is 7.68. The van der Waals surface area contributed by atoms with Crippen molar-refractivity contribution < 1.29 is 4.74 Å². The standard InChI is InChI=1S/C21H20O/c1-17-9-5-7-13-20(17)22-21-14-8-6-12-19(21)16-15-18-10-3-2-4-11-18/h2-14H,15-16H2,1H3. The highest BCUT2D eigenvalue weighted by Gasteiger charge is 2.06. The predicted octanol–water partition coefficient (Wildman–Crippen LogP) is 5.57. The Bertz CT molecular complexity index is 732. The van der Waals surface area contributed by atoms with Gasteiger partial charge in [0.15, 0.2) is 0 Å². The SMILES string of the molecule is Cc1ccccc1Oc1ccccc1CCc1ccccc1. The van der Waals surface area contributed by atoms with Crippen molar-refractivity contribution in [2.24, 2.45) is 0 Å². The number of rotatable bonds is 5. The fourth-order valence-corrected chi connectivity index (χ4v) is 2.52. The summed E-state index contributed by atoms with van der Waals surface area (Å²) in [4.78, 5) is 0. The Hall–Kier alpha value is -2.54. The maximum Gasteiger partial charge on any atom is 0.130 e. The molecule has 0 saturated heterocycles. The van der Waals surface area contributed by atoms with Crippen molar-refractivity contribution in [1.82, 2.24) is 0 Å². The van der Waals surface area contributed by atoms with E-state index < -0.39 is 0 Å². The molecule has 3 aromatic carbocycles. The Labute approximate surface area is 132 Å². The molecule has 3 aromatic rings. The summed E-state index contributed by atoms with van der Waals surface area (Å²) in [6, 6.07) is 27.0. The summed E-state index contributed by atoms with van der Waals surface area (Å²) in [7, 11) is 0. The van der Waals surface area contributed by atoms with Crippen LogP contribution in [0, 0.1) is 6.92 Å². The van der Waals surface area contributed by atoms with Crippen LogP contribution in [-0.2, 0) is 12.8 Å². The van der Waals surface area contributed by atoms with Gasteiger partial charge in [0.25, 0.3) is 0 Å². The molecule has 22 heavy (non-hydrogen) atoms. The van der Waals surface area contributed by atoms with Gasteiger partial charge in [0.2, 0.25) is 0 Å². The molecule has 0 aliphatic carbocycles. The van der Waals surface area contributed by atoms with Gasteiger partial charge in [0.1, 0.15) is 11.5 Å². The Kier molecular flexibility index (Phi) is 4.55. The van der Waals surface area contributed by atoms with E-state index in [0.29, 0.717) is 0 Å². The van der Waals surface area contributed by atoms with Crippen LogP contribution in [-0.4, -0.2) is 0 Å². The quantitative estimate of drug-likeness (QED) is 0.596. The molecule has 0 aliphatic rings. The second-order valence-electron chi connectivity index (χ2n) is 5.46. The summed E-state index contributed by atoms with van der Waals surface area (Å²) < 4.78 is 6.13. The van der Waals surface area contributed by atoms with Crippen LogP contribution in [0.5, 0.6) is 11.5 Å². The molecule has 0 amide bonds. The fourth-order valence-electron chi connectivity index (χ4n) is 2.52. The Balaban J connectivity index is 1.77. The smallest absolute Gasteiger partial charge is 0.130 e. The average molecular weight is 288 g/mol. The van der Waals surface area contributed by atoms with Gasteiger partial charge in [0, 0.05) is 0 Å². The molecule has 0 saturated carbocycles. The summed E-state index contributed by atoms with van der Waals surface area (Å²) in [5, 5.41) is 0. The lowest BCUT2D eigenvalue weighted by molar-refractivity contribution is 0.472. The molecule has 0 N–H and O–H groups in total. The van der Waals surface area contributed by atoms with E-state index in [4.69, 9.17) is 4.74 Å². The normalized spacial score (nSPS) is 10.4. The van der Waals surface area contributed by atoms with Crippen molar-refractivity contribution in [3.63, 3.8) is 0 Å². The first kappa shape index (κ1) is 14.4. The number of hydrogen-bond acceptors (Lipinski definition) is 1. The lowest BCUT2D eigenvalue weighted by Gasteiger charge is -2.13. The third-order valence-electron chi connectivity index (χ3n) is 3.81. The van der Waals surface area contributed by atoms with Crippen LogP contribution in [0.25, 0.3) is 0 Å². The zero-order valence-corrected chi connectivity index (χ0v) is 12.8. The van der Waals surface area contributed by atoms with E-state index in [1.807, 2.05) is 30.3 Å². The summed E-state index contributed by atoms with van der Waals surface area (Å²) in [5.74, 6) is 1.88. The molecule has 0 heterocycles. The molecule has 0 fully saturated rings. The van der Waals surface area contributed by atoms with Crippen LogP contribution in [0.15, 0.2) is 78.9 Å².